The fraction of sp³-hybridized carbons (Fsp3) is 0.550. The highest BCUT2D eigenvalue weighted by Crippen LogP contribution is 2.42. The largest absolute Gasteiger partial charge is 0.480 e. The van der Waals surface area contributed by atoms with Crippen molar-refractivity contribution in [2.24, 2.45) is 5.92 Å². The summed E-state index contributed by atoms with van der Waals surface area (Å²) in [5.74, 6) is -5.34. The number of alkyl halides is 3. The van der Waals surface area contributed by atoms with Crippen molar-refractivity contribution in [1.29, 1.82) is 0 Å². The number of piperidine rings is 1. The highest BCUT2D eigenvalue weighted by Gasteiger charge is 2.53. The maximum absolute atomic E-state index is 13.2. The number of carbonyl (C=O) groups is 4. The van der Waals surface area contributed by atoms with Gasteiger partial charge in [0.2, 0.25) is 11.8 Å². The minimum atomic E-state index is -4.54. The summed E-state index contributed by atoms with van der Waals surface area (Å²) in [6.07, 6.45) is -0.385. The number of rotatable bonds is 5. The predicted molar refractivity (Wildman–Crippen MR) is 99.4 cm³/mol. The number of carboxylic acids is 1. The predicted octanol–water partition coefficient (Wildman–Crippen LogP) is 1.92. The second kappa shape index (κ2) is 8.64. The molecule has 0 bridgehead atoms. The summed E-state index contributed by atoms with van der Waals surface area (Å²) in [5.41, 5.74) is -1.54. The molecule has 1 saturated heterocycles. The lowest BCUT2D eigenvalue weighted by molar-refractivity contribution is -0.162. The summed E-state index contributed by atoms with van der Waals surface area (Å²) in [5, 5.41) is 10.8. The minimum Gasteiger partial charge on any atom is -0.480 e. The molecule has 1 spiro atoms. The van der Waals surface area contributed by atoms with Gasteiger partial charge < -0.3 is 15.3 Å². The number of pyridine rings is 1. The van der Waals surface area contributed by atoms with Crippen molar-refractivity contribution in [3.05, 3.63) is 29.6 Å². The van der Waals surface area contributed by atoms with Gasteiger partial charge in [-0.25, -0.2) is 0 Å². The van der Waals surface area contributed by atoms with Gasteiger partial charge in [-0.1, -0.05) is 19.3 Å². The molecule has 11 heteroatoms. The number of likely N-dealkylation sites (tertiary alicyclic amines) is 1. The Bertz CT molecular complexity index is 879. The Morgan fingerprint density at radius 3 is 2.42 bits per heavy atom. The molecular weight excluding hydrogens is 419 g/mol. The van der Waals surface area contributed by atoms with Crippen LogP contribution >= 0.6 is 0 Å². The lowest BCUT2D eigenvalue weighted by Crippen LogP contribution is -2.63. The lowest BCUT2D eigenvalue weighted by atomic mass is 9.71. The van der Waals surface area contributed by atoms with Gasteiger partial charge in [0.05, 0.1) is 23.3 Å². The van der Waals surface area contributed by atoms with Crippen LogP contribution in [-0.2, 0) is 31.9 Å². The van der Waals surface area contributed by atoms with E-state index in [1.54, 1.807) is 0 Å². The molecule has 1 unspecified atom stereocenters. The minimum absolute atomic E-state index is 0.0649. The fourth-order valence-electron chi connectivity index (χ4n) is 4.32. The van der Waals surface area contributed by atoms with E-state index < -0.39 is 53.3 Å². The van der Waals surface area contributed by atoms with Gasteiger partial charge >= 0.3 is 12.1 Å². The molecule has 0 aromatic carbocycles. The molecule has 8 nitrogen and oxygen atoms in total. The van der Waals surface area contributed by atoms with Gasteiger partial charge in [0.1, 0.15) is 6.54 Å². The number of ketones is 1. The Labute approximate surface area is 175 Å². The molecule has 1 aliphatic heterocycles. The Hall–Kier alpha value is -2.98. The Morgan fingerprint density at radius 2 is 1.87 bits per heavy atom. The molecule has 1 aromatic rings. The van der Waals surface area contributed by atoms with Crippen molar-refractivity contribution >= 4 is 23.6 Å². The van der Waals surface area contributed by atoms with Crippen LogP contribution in [0.4, 0.5) is 13.2 Å². The van der Waals surface area contributed by atoms with Crippen LogP contribution in [0.3, 0.4) is 0 Å². The van der Waals surface area contributed by atoms with Gasteiger partial charge in [0, 0.05) is 12.6 Å². The first kappa shape index (κ1) is 22.7. The molecule has 2 N–H and O–H groups in total. The number of halogens is 3. The van der Waals surface area contributed by atoms with E-state index in [0.717, 1.165) is 25.3 Å². The highest BCUT2D eigenvalue weighted by atomic mass is 19.4. The molecule has 2 aliphatic rings. The number of aromatic nitrogens is 1. The summed E-state index contributed by atoms with van der Waals surface area (Å²) >= 11 is 0. The lowest BCUT2D eigenvalue weighted by Gasteiger charge is -2.50. The highest BCUT2D eigenvalue weighted by molar-refractivity contribution is 6.20. The molecule has 0 radical (unpaired) electrons. The molecule has 168 valence electrons. The standard InChI is InChI=1S/C20H22F3N3O5/c21-20(22,23)12-4-5-13(24-9-12)11-26-18(31)16(17(30)25-10-15(28)29)14(27)8-19(26)6-2-1-3-7-19/h4-5,9,16H,1-3,6-8,10-11H2,(H,25,30)(H,28,29). The third-order valence-electron chi connectivity index (χ3n) is 5.84. The van der Waals surface area contributed by atoms with Crippen molar-refractivity contribution in [3.63, 3.8) is 0 Å². The van der Waals surface area contributed by atoms with Gasteiger partial charge in [0.25, 0.3) is 0 Å². The van der Waals surface area contributed by atoms with Crippen LogP contribution in [0.15, 0.2) is 18.3 Å². The number of aliphatic carboxylic acids is 1. The van der Waals surface area contributed by atoms with Gasteiger partial charge in [-0.2, -0.15) is 13.2 Å². The van der Waals surface area contributed by atoms with Crippen molar-refractivity contribution in [1.82, 2.24) is 15.2 Å². The normalized spacial score (nSPS) is 21.3. The van der Waals surface area contributed by atoms with Crippen LogP contribution in [0.5, 0.6) is 0 Å². The average Bonchev–Trinajstić information content (AvgIpc) is 2.70. The van der Waals surface area contributed by atoms with E-state index in [0.29, 0.717) is 19.0 Å². The summed E-state index contributed by atoms with van der Waals surface area (Å²) in [4.78, 5) is 54.2. The first-order valence-corrected chi connectivity index (χ1v) is 9.89. The molecule has 2 amide bonds. The Kier molecular flexibility index (Phi) is 6.33. The van der Waals surface area contributed by atoms with Gasteiger partial charge in [-0.15, -0.1) is 0 Å². The van der Waals surface area contributed by atoms with Gasteiger partial charge in [-0.05, 0) is 25.0 Å². The summed E-state index contributed by atoms with van der Waals surface area (Å²) < 4.78 is 38.4. The second-order valence-corrected chi connectivity index (χ2v) is 7.93. The van der Waals surface area contributed by atoms with Crippen LogP contribution in [0, 0.1) is 5.92 Å². The van der Waals surface area contributed by atoms with Crippen molar-refractivity contribution in [2.45, 2.75) is 56.8 Å². The van der Waals surface area contributed by atoms with Crippen LogP contribution in [0.25, 0.3) is 0 Å². The summed E-state index contributed by atoms with van der Waals surface area (Å²) in [7, 11) is 0. The quantitative estimate of drug-likeness (QED) is 0.675. The second-order valence-electron chi connectivity index (χ2n) is 7.93. The molecule has 1 atom stereocenters. The van der Waals surface area contributed by atoms with Crippen molar-refractivity contribution in [3.8, 4) is 0 Å². The zero-order valence-electron chi connectivity index (χ0n) is 16.6. The number of hydrogen-bond acceptors (Lipinski definition) is 5. The van der Waals surface area contributed by atoms with Crippen LogP contribution < -0.4 is 5.32 Å². The van der Waals surface area contributed by atoms with E-state index in [9.17, 15) is 32.3 Å². The number of nitrogens with one attached hydrogen (secondary N) is 1. The molecule has 1 aromatic heterocycles. The summed E-state index contributed by atoms with van der Waals surface area (Å²) in [6.45, 7) is -0.880. The van der Waals surface area contributed by atoms with E-state index in [-0.39, 0.29) is 18.7 Å². The summed E-state index contributed by atoms with van der Waals surface area (Å²) in [6, 6.07) is 2.04. The zero-order chi connectivity index (χ0) is 22.8. The average molecular weight is 441 g/mol. The van der Waals surface area contributed by atoms with Gasteiger partial charge in [-0.3, -0.25) is 24.2 Å². The first-order chi connectivity index (χ1) is 14.5. The van der Waals surface area contributed by atoms with Crippen molar-refractivity contribution < 1.29 is 37.5 Å². The maximum atomic E-state index is 13.2. The van der Waals surface area contributed by atoms with Crippen LogP contribution in [0.1, 0.15) is 49.8 Å². The van der Waals surface area contributed by atoms with E-state index in [4.69, 9.17) is 5.11 Å². The van der Waals surface area contributed by atoms with E-state index >= 15 is 0 Å². The van der Waals surface area contributed by atoms with E-state index in [2.05, 4.69) is 10.3 Å². The Morgan fingerprint density at radius 1 is 1.19 bits per heavy atom. The monoisotopic (exact) mass is 441 g/mol. The first-order valence-electron chi connectivity index (χ1n) is 9.89. The van der Waals surface area contributed by atoms with E-state index in [1.165, 1.54) is 11.0 Å². The third-order valence-corrected chi connectivity index (χ3v) is 5.84. The zero-order valence-corrected chi connectivity index (χ0v) is 16.6. The van der Waals surface area contributed by atoms with E-state index in [1.807, 2.05) is 0 Å². The SMILES string of the molecule is O=C(O)CNC(=O)C1C(=O)CC2(CCCCC2)N(Cc2ccc(C(F)(F)F)cn2)C1=O. The van der Waals surface area contributed by atoms with Crippen LogP contribution in [-0.4, -0.2) is 50.6 Å². The molecule has 1 saturated carbocycles. The molecule has 2 fully saturated rings. The number of hydrogen-bond donors (Lipinski definition) is 2. The number of Topliss-reactive ketones (excluding diaryl/α,β-unsaturated/α-hetero) is 1. The number of carboxylic acid groups (broad SMARTS) is 1. The maximum Gasteiger partial charge on any atom is 0.417 e. The molecule has 2 heterocycles. The number of nitrogens with zero attached hydrogens (tertiary/aromatic N) is 2. The third kappa shape index (κ3) is 4.86. The molecule has 1 aliphatic carbocycles. The van der Waals surface area contributed by atoms with Gasteiger partial charge in [0.15, 0.2) is 11.7 Å². The molecule has 31 heavy (non-hydrogen) atoms. The topological polar surface area (TPSA) is 117 Å². The number of carbonyl (C=O) groups excluding carboxylic acids is 3. The van der Waals surface area contributed by atoms with Crippen LogP contribution in [0.2, 0.25) is 0 Å². The fourth-order valence-corrected chi connectivity index (χ4v) is 4.32. The van der Waals surface area contributed by atoms with Crippen molar-refractivity contribution in [2.75, 3.05) is 6.54 Å². The molecule has 3 rings (SSSR count). The smallest absolute Gasteiger partial charge is 0.417 e. The number of amides is 2. The molecular formula is C20H22F3N3O5. The Balaban J connectivity index is 1.88.